The summed E-state index contributed by atoms with van der Waals surface area (Å²) in [5.74, 6) is 0.188. The van der Waals surface area contributed by atoms with Gasteiger partial charge in [0.15, 0.2) is 11.5 Å². The number of nitrogens with one attached hydrogen (secondary N) is 1. The summed E-state index contributed by atoms with van der Waals surface area (Å²) in [6, 6.07) is 17.8. The molecule has 0 spiro atoms. The Labute approximate surface area is 196 Å². The molecule has 0 saturated carbocycles. The fourth-order valence-electron chi connectivity index (χ4n) is 3.58. The van der Waals surface area contributed by atoms with E-state index in [1.807, 2.05) is 48.9 Å². The highest BCUT2D eigenvalue weighted by Crippen LogP contribution is 2.29. The predicted octanol–water partition coefficient (Wildman–Crippen LogP) is 5.19. The van der Waals surface area contributed by atoms with E-state index in [-0.39, 0.29) is 23.8 Å². The van der Waals surface area contributed by atoms with Crippen molar-refractivity contribution in [1.82, 2.24) is 9.78 Å². The van der Waals surface area contributed by atoms with E-state index in [0.717, 1.165) is 16.8 Å². The smallest absolute Gasteiger partial charge is 0.311 e. The number of ether oxygens (including phenoxy) is 1. The van der Waals surface area contributed by atoms with Crippen LogP contribution in [0.15, 0.2) is 65.1 Å². The Morgan fingerprint density at radius 1 is 1.12 bits per heavy atom. The molecule has 2 aromatic carbocycles. The molecule has 0 atom stereocenters. The minimum absolute atomic E-state index is 0.0513. The van der Waals surface area contributed by atoms with Gasteiger partial charge < -0.3 is 14.5 Å². The Kier molecular flexibility index (Phi) is 6.44. The summed E-state index contributed by atoms with van der Waals surface area (Å²) in [5.41, 5.74) is 3.90. The molecule has 1 amide bonds. The second-order valence-electron chi connectivity index (χ2n) is 7.93. The highest BCUT2D eigenvalue weighted by molar-refractivity contribution is 6.02. The van der Waals surface area contributed by atoms with Gasteiger partial charge in [-0.15, -0.1) is 0 Å². The van der Waals surface area contributed by atoms with Crippen LogP contribution in [0.4, 0.5) is 11.4 Å². The zero-order valence-electron chi connectivity index (χ0n) is 19.1. The van der Waals surface area contributed by atoms with Crippen LogP contribution in [0.3, 0.4) is 0 Å². The standard InChI is InChI=1S/C25H24N4O5/c1-16-9-11-22(21(13-16)29(31)32)33-15-20-10-12-23(34-20)25(30)26-24-17(2)27-28(18(24)3)14-19-7-5-4-6-8-19/h4-13H,14-15H2,1-3H3,(H,26,30). The van der Waals surface area contributed by atoms with Crippen LogP contribution in [0, 0.1) is 30.9 Å². The number of carbonyl (C=O) groups excluding carboxylic acids is 1. The van der Waals surface area contributed by atoms with Gasteiger partial charge in [-0.3, -0.25) is 19.6 Å². The molecular weight excluding hydrogens is 436 g/mol. The minimum atomic E-state index is -0.494. The van der Waals surface area contributed by atoms with Gasteiger partial charge in [0.1, 0.15) is 12.4 Å². The number of hydrogen-bond donors (Lipinski definition) is 1. The van der Waals surface area contributed by atoms with Crippen molar-refractivity contribution in [1.29, 1.82) is 0 Å². The van der Waals surface area contributed by atoms with E-state index >= 15 is 0 Å². The first-order chi connectivity index (χ1) is 16.3. The molecule has 0 bridgehead atoms. The zero-order chi connectivity index (χ0) is 24.2. The third-order valence-electron chi connectivity index (χ3n) is 5.36. The SMILES string of the molecule is Cc1ccc(OCc2ccc(C(=O)Nc3c(C)nn(Cc4ccccc4)c3C)o2)c([N+](=O)[O-])c1. The van der Waals surface area contributed by atoms with Gasteiger partial charge in [0, 0.05) is 6.07 Å². The molecule has 2 aromatic heterocycles. The second-order valence-corrected chi connectivity index (χ2v) is 7.93. The molecular formula is C25H24N4O5. The molecule has 34 heavy (non-hydrogen) atoms. The number of nitrogens with zero attached hydrogens (tertiary/aromatic N) is 3. The van der Waals surface area contributed by atoms with E-state index in [1.54, 1.807) is 25.1 Å². The second kappa shape index (κ2) is 9.62. The maximum absolute atomic E-state index is 12.8. The number of rotatable bonds is 8. The minimum Gasteiger partial charge on any atom is -0.479 e. The lowest BCUT2D eigenvalue weighted by Gasteiger charge is -2.07. The normalized spacial score (nSPS) is 10.8. The van der Waals surface area contributed by atoms with Gasteiger partial charge in [0.25, 0.3) is 5.91 Å². The van der Waals surface area contributed by atoms with Crippen LogP contribution in [-0.4, -0.2) is 20.6 Å². The molecule has 0 unspecified atom stereocenters. The Balaban J connectivity index is 1.43. The van der Waals surface area contributed by atoms with E-state index < -0.39 is 10.8 Å². The Hall–Kier alpha value is -4.40. The van der Waals surface area contributed by atoms with Crippen LogP contribution in [0.1, 0.15) is 38.8 Å². The number of anilines is 1. The third-order valence-corrected chi connectivity index (χ3v) is 5.36. The van der Waals surface area contributed by atoms with Crippen LogP contribution in [0.25, 0.3) is 0 Å². The molecule has 174 valence electrons. The number of amides is 1. The average molecular weight is 460 g/mol. The molecule has 1 N–H and O–H groups in total. The fourth-order valence-corrected chi connectivity index (χ4v) is 3.58. The Bertz CT molecular complexity index is 1340. The summed E-state index contributed by atoms with van der Waals surface area (Å²) in [7, 11) is 0. The number of carbonyl (C=O) groups is 1. The van der Waals surface area contributed by atoms with Crippen LogP contribution in [0.2, 0.25) is 0 Å². The van der Waals surface area contributed by atoms with E-state index in [1.165, 1.54) is 12.1 Å². The number of furan rings is 1. The fraction of sp³-hybridized carbons (Fsp3) is 0.200. The Morgan fingerprint density at radius 2 is 1.88 bits per heavy atom. The number of nitro groups is 1. The van der Waals surface area contributed by atoms with Gasteiger partial charge in [-0.25, -0.2) is 0 Å². The number of aryl methyl sites for hydroxylation is 2. The maximum atomic E-state index is 12.8. The number of aromatic nitrogens is 2. The highest BCUT2D eigenvalue weighted by atomic mass is 16.6. The van der Waals surface area contributed by atoms with Crippen LogP contribution >= 0.6 is 0 Å². The number of benzene rings is 2. The molecule has 0 fully saturated rings. The number of nitro benzene ring substituents is 1. The van der Waals surface area contributed by atoms with Gasteiger partial charge in [-0.05, 0) is 50.1 Å². The highest BCUT2D eigenvalue weighted by Gasteiger charge is 2.19. The van der Waals surface area contributed by atoms with E-state index in [4.69, 9.17) is 9.15 Å². The van der Waals surface area contributed by atoms with Crippen molar-refractivity contribution in [2.24, 2.45) is 0 Å². The van der Waals surface area contributed by atoms with E-state index in [2.05, 4.69) is 10.4 Å². The van der Waals surface area contributed by atoms with Crippen LogP contribution < -0.4 is 10.1 Å². The summed E-state index contributed by atoms with van der Waals surface area (Å²) in [6.45, 7) is 6.04. The average Bonchev–Trinajstić information content (AvgIpc) is 3.39. The summed E-state index contributed by atoms with van der Waals surface area (Å²) in [5, 5.41) is 18.7. The van der Waals surface area contributed by atoms with Crippen LogP contribution in [0.5, 0.6) is 5.75 Å². The first-order valence-electron chi connectivity index (χ1n) is 10.7. The van der Waals surface area contributed by atoms with Crippen molar-refractivity contribution in [2.45, 2.75) is 33.9 Å². The van der Waals surface area contributed by atoms with Crippen molar-refractivity contribution in [3.63, 3.8) is 0 Å². The van der Waals surface area contributed by atoms with Gasteiger partial charge in [-0.2, -0.15) is 5.10 Å². The zero-order valence-corrected chi connectivity index (χ0v) is 19.1. The molecule has 9 nitrogen and oxygen atoms in total. The lowest BCUT2D eigenvalue weighted by molar-refractivity contribution is -0.386. The molecule has 2 heterocycles. The molecule has 0 aliphatic carbocycles. The van der Waals surface area contributed by atoms with Crippen molar-refractivity contribution >= 4 is 17.3 Å². The summed E-state index contributed by atoms with van der Waals surface area (Å²) in [6.07, 6.45) is 0. The van der Waals surface area contributed by atoms with Crippen LogP contribution in [-0.2, 0) is 13.2 Å². The van der Waals surface area contributed by atoms with E-state index in [0.29, 0.717) is 23.7 Å². The van der Waals surface area contributed by atoms with Gasteiger partial charge in [0.05, 0.1) is 28.5 Å². The molecule has 0 aliphatic heterocycles. The first-order valence-corrected chi connectivity index (χ1v) is 10.7. The Morgan fingerprint density at radius 3 is 2.62 bits per heavy atom. The lowest BCUT2D eigenvalue weighted by Crippen LogP contribution is -2.12. The first kappa shape index (κ1) is 22.8. The number of hydrogen-bond acceptors (Lipinski definition) is 6. The molecule has 9 heteroatoms. The van der Waals surface area contributed by atoms with Crippen molar-refractivity contribution in [2.75, 3.05) is 5.32 Å². The van der Waals surface area contributed by atoms with E-state index in [9.17, 15) is 14.9 Å². The van der Waals surface area contributed by atoms with Crippen molar-refractivity contribution in [3.05, 3.63) is 105 Å². The third kappa shape index (κ3) is 4.98. The quantitative estimate of drug-likeness (QED) is 0.286. The lowest BCUT2D eigenvalue weighted by atomic mass is 10.2. The van der Waals surface area contributed by atoms with Crippen molar-refractivity contribution < 1.29 is 18.9 Å². The molecule has 4 rings (SSSR count). The molecule has 4 aromatic rings. The largest absolute Gasteiger partial charge is 0.479 e. The van der Waals surface area contributed by atoms with Gasteiger partial charge in [0.2, 0.25) is 0 Å². The summed E-state index contributed by atoms with van der Waals surface area (Å²) < 4.78 is 13.0. The van der Waals surface area contributed by atoms with Gasteiger partial charge >= 0.3 is 5.69 Å². The molecule has 0 saturated heterocycles. The maximum Gasteiger partial charge on any atom is 0.311 e. The summed E-state index contributed by atoms with van der Waals surface area (Å²) in [4.78, 5) is 23.5. The molecule has 0 radical (unpaired) electrons. The molecule has 0 aliphatic rings. The topological polar surface area (TPSA) is 112 Å². The predicted molar refractivity (Wildman–Crippen MR) is 126 cm³/mol. The summed E-state index contributed by atoms with van der Waals surface area (Å²) >= 11 is 0. The van der Waals surface area contributed by atoms with Crippen molar-refractivity contribution in [3.8, 4) is 5.75 Å². The monoisotopic (exact) mass is 460 g/mol. The van der Waals surface area contributed by atoms with Gasteiger partial charge in [-0.1, -0.05) is 36.4 Å².